The van der Waals surface area contributed by atoms with Crippen molar-refractivity contribution in [1.82, 2.24) is 5.32 Å². The second kappa shape index (κ2) is 6.60. The molecule has 21 heavy (non-hydrogen) atoms. The monoisotopic (exact) mass is 301 g/mol. The van der Waals surface area contributed by atoms with Crippen LogP contribution in [0.5, 0.6) is 5.75 Å². The summed E-state index contributed by atoms with van der Waals surface area (Å²) in [6, 6.07) is 14.1. The first-order chi connectivity index (χ1) is 9.85. The Morgan fingerprint density at radius 1 is 1.05 bits per heavy atom. The van der Waals surface area contributed by atoms with E-state index < -0.39 is 0 Å². The molecule has 2 aromatic rings. The zero-order chi connectivity index (χ0) is 15.5. The Balaban J connectivity index is 2.25. The highest BCUT2D eigenvalue weighted by atomic mass is 31.1. The quantitative estimate of drug-likeness (QED) is 0.850. The Morgan fingerprint density at radius 3 is 2.43 bits per heavy atom. The van der Waals surface area contributed by atoms with E-state index in [1.165, 1.54) is 16.4 Å². The van der Waals surface area contributed by atoms with E-state index in [1.54, 1.807) is 6.07 Å². The molecule has 0 aliphatic rings. The highest BCUT2D eigenvalue weighted by Crippen LogP contribution is 2.20. The van der Waals surface area contributed by atoms with E-state index in [9.17, 15) is 5.11 Å². The average Bonchev–Trinajstić information content (AvgIpc) is 2.40. The first-order valence-electron chi connectivity index (χ1n) is 7.25. The number of hydrogen-bond acceptors (Lipinski definition) is 2. The Labute approximate surface area is 129 Å². The van der Waals surface area contributed by atoms with E-state index in [4.69, 9.17) is 0 Å². The third-order valence-corrected chi connectivity index (χ3v) is 4.69. The molecule has 2 rings (SSSR count). The summed E-state index contributed by atoms with van der Waals surface area (Å²) < 4.78 is 0. The highest BCUT2D eigenvalue weighted by molar-refractivity contribution is 7.55. The van der Waals surface area contributed by atoms with Crippen LogP contribution in [0, 0.1) is 6.92 Å². The Kier molecular flexibility index (Phi) is 5.03. The summed E-state index contributed by atoms with van der Waals surface area (Å²) in [7, 11) is 0.474. The molecule has 0 saturated carbocycles. The van der Waals surface area contributed by atoms with Crippen molar-refractivity contribution in [2.24, 2.45) is 0 Å². The number of hydrogen-bond donors (Lipinski definition) is 2. The summed E-state index contributed by atoms with van der Waals surface area (Å²) in [5.74, 6) is 0.381. The molecule has 2 nitrogen and oxygen atoms in total. The lowest BCUT2D eigenvalue weighted by atomic mass is 10.1. The van der Waals surface area contributed by atoms with E-state index in [0.29, 0.717) is 14.3 Å². The van der Waals surface area contributed by atoms with E-state index in [-0.39, 0.29) is 5.54 Å². The summed E-state index contributed by atoms with van der Waals surface area (Å²) in [6.07, 6.45) is 0. The van der Waals surface area contributed by atoms with Gasteiger partial charge in [-0.15, -0.1) is 0 Å². The molecule has 2 aromatic carbocycles. The van der Waals surface area contributed by atoms with Crippen molar-refractivity contribution >= 4 is 19.2 Å². The van der Waals surface area contributed by atoms with Gasteiger partial charge >= 0.3 is 0 Å². The molecule has 0 saturated heterocycles. The second-order valence-electron chi connectivity index (χ2n) is 6.41. The third kappa shape index (κ3) is 4.84. The van der Waals surface area contributed by atoms with Crippen LogP contribution in [0.25, 0.3) is 0 Å². The number of rotatable bonds is 4. The van der Waals surface area contributed by atoms with Crippen LogP contribution in [-0.2, 0) is 6.54 Å². The number of para-hydroxylation sites is 1. The number of benzene rings is 2. The molecule has 0 aliphatic heterocycles. The first-order valence-corrected chi connectivity index (χ1v) is 8.25. The van der Waals surface area contributed by atoms with Gasteiger partial charge in [-0.05, 0) is 44.6 Å². The SMILES string of the molecule is Cc1ccc(Pc2ccccc2O)c(CNC(C)(C)C)c1. The van der Waals surface area contributed by atoms with Gasteiger partial charge in [0, 0.05) is 17.4 Å². The van der Waals surface area contributed by atoms with Gasteiger partial charge in [-0.25, -0.2) is 0 Å². The number of aryl methyl sites for hydroxylation is 1. The third-order valence-electron chi connectivity index (χ3n) is 3.24. The maximum absolute atomic E-state index is 9.97. The summed E-state index contributed by atoms with van der Waals surface area (Å²) in [5.41, 5.74) is 2.68. The molecule has 0 spiro atoms. The Hall–Kier alpha value is -1.37. The molecule has 0 amide bonds. The average molecular weight is 301 g/mol. The molecule has 0 radical (unpaired) electrons. The molecule has 0 fully saturated rings. The van der Waals surface area contributed by atoms with Gasteiger partial charge in [-0.2, -0.15) is 0 Å². The molecule has 112 valence electrons. The van der Waals surface area contributed by atoms with Crippen molar-refractivity contribution in [3.63, 3.8) is 0 Å². The molecule has 0 aliphatic carbocycles. The minimum absolute atomic E-state index is 0.0962. The fourth-order valence-corrected chi connectivity index (χ4v) is 3.24. The lowest BCUT2D eigenvalue weighted by molar-refractivity contribution is 0.425. The van der Waals surface area contributed by atoms with Crippen molar-refractivity contribution in [3.05, 3.63) is 53.6 Å². The maximum Gasteiger partial charge on any atom is 0.123 e. The van der Waals surface area contributed by atoms with Crippen molar-refractivity contribution in [2.45, 2.75) is 39.8 Å². The van der Waals surface area contributed by atoms with Gasteiger partial charge in [0.15, 0.2) is 0 Å². The molecular formula is C18H24NOP. The van der Waals surface area contributed by atoms with E-state index in [1.807, 2.05) is 18.2 Å². The van der Waals surface area contributed by atoms with Crippen LogP contribution in [0.4, 0.5) is 0 Å². The van der Waals surface area contributed by atoms with Gasteiger partial charge in [0.05, 0.1) is 0 Å². The van der Waals surface area contributed by atoms with Gasteiger partial charge in [-0.1, -0.05) is 50.5 Å². The van der Waals surface area contributed by atoms with Gasteiger partial charge in [0.2, 0.25) is 0 Å². The summed E-state index contributed by atoms with van der Waals surface area (Å²) >= 11 is 0. The molecular weight excluding hydrogens is 277 g/mol. The number of nitrogens with one attached hydrogen (secondary N) is 1. The predicted octanol–water partition coefficient (Wildman–Crippen LogP) is 3.22. The molecule has 2 N–H and O–H groups in total. The van der Waals surface area contributed by atoms with Crippen molar-refractivity contribution < 1.29 is 5.11 Å². The molecule has 1 unspecified atom stereocenters. The number of phenols is 1. The minimum atomic E-state index is 0.0962. The first kappa shape index (κ1) is 16.0. The van der Waals surface area contributed by atoms with Crippen molar-refractivity contribution in [2.75, 3.05) is 0 Å². The van der Waals surface area contributed by atoms with Gasteiger partial charge < -0.3 is 10.4 Å². The molecule has 3 heteroatoms. The van der Waals surface area contributed by atoms with Crippen LogP contribution in [0.3, 0.4) is 0 Å². The zero-order valence-corrected chi connectivity index (χ0v) is 14.2. The van der Waals surface area contributed by atoms with E-state index in [0.717, 1.165) is 11.8 Å². The minimum Gasteiger partial charge on any atom is -0.507 e. The standard InChI is InChI=1S/C18H24NOP/c1-13-9-10-16(14(11-13)12-19-18(2,3)4)21-17-8-6-5-7-15(17)20/h5-11,19-21H,12H2,1-4H3. The van der Waals surface area contributed by atoms with E-state index in [2.05, 4.69) is 51.2 Å². The largest absolute Gasteiger partial charge is 0.507 e. The smallest absolute Gasteiger partial charge is 0.123 e. The van der Waals surface area contributed by atoms with Crippen LogP contribution in [0.2, 0.25) is 0 Å². The lowest BCUT2D eigenvalue weighted by Crippen LogP contribution is -2.36. The van der Waals surface area contributed by atoms with Gasteiger partial charge in [0.25, 0.3) is 0 Å². The van der Waals surface area contributed by atoms with Crippen LogP contribution in [-0.4, -0.2) is 10.6 Å². The number of aromatic hydroxyl groups is 1. The normalized spacial score (nSPS) is 12.2. The van der Waals surface area contributed by atoms with Gasteiger partial charge in [0.1, 0.15) is 5.75 Å². The topological polar surface area (TPSA) is 32.3 Å². The fourth-order valence-electron chi connectivity index (χ4n) is 2.08. The molecule has 0 bridgehead atoms. The lowest BCUT2D eigenvalue weighted by Gasteiger charge is -2.22. The summed E-state index contributed by atoms with van der Waals surface area (Å²) in [6.45, 7) is 9.49. The van der Waals surface area contributed by atoms with Crippen LogP contribution in [0.1, 0.15) is 31.9 Å². The van der Waals surface area contributed by atoms with Crippen molar-refractivity contribution in [1.29, 1.82) is 0 Å². The zero-order valence-electron chi connectivity index (χ0n) is 13.2. The molecule has 1 atom stereocenters. The molecule has 0 aromatic heterocycles. The highest BCUT2D eigenvalue weighted by Gasteiger charge is 2.11. The summed E-state index contributed by atoms with van der Waals surface area (Å²) in [5, 5.41) is 15.8. The Bertz CT molecular complexity index is 617. The van der Waals surface area contributed by atoms with Gasteiger partial charge in [-0.3, -0.25) is 0 Å². The maximum atomic E-state index is 9.97. The van der Waals surface area contributed by atoms with E-state index >= 15 is 0 Å². The van der Waals surface area contributed by atoms with Crippen molar-refractivity contribution in [3.8, 4) is 5.75 Å². The fraction of sp³-hybridized carbons (Fsp3) is 0.333. The second-order valence-corrected chi connectivity index (χ2v) is 7.73. The predicted molar refractivity (Wildman–Crippen MR) is 93.5 cm³/mol. The summed E-state index contributed by atoms with van der Waals surface area (Å²) in [4.78, 5) is 0. The Morgan fingerprint density at radius 2 is 1.76 bits per heavy atom. The van der Waals surface area contributed by atoms with Crippen LogP contribution in [0.15, 0.2) is 42.5 Å². The van der Waals surface area contributed by atoms with Crippen LogP contribution >= 0.6 is 8.58 Å². The number of phenolic OH excluding ortho intramolecular Hbond substituents is 1. The molecule has 0 heterocycles. The van der Waals surface area contributed by atoms with Crippen LogP contribution < -0.4 is 15.9 Å².